The number of benzene rings is 2. The molecule has 0 atom stereocenters. The Labute approximate surface area is 170 Å². The Bertz CT molecular complexity index is 1030. The van der Waals surface area contributed by atoms with E-state index in [0.717, 1.165) is 0 Å². The highest BCUT2D eigenvalue weighted by Gasteiger charge is 2.32. The Hall–Kier alpha value is -3.75. The van der Waals surface area contributed by atoms with E-state index in [0.29, 0.717) is 11.1 Å². The largest absolute Gasteiger partial charge is 0.511 e. The lowest BCUT2D eigenvalue weighted by Crippen LogP contribution is -2.43. The number of halogens is 2. The van der Waals surface area contributed by atoms with E-state index < -0.39 is 47.3 Å². The summed E-state index contributed by atoms with van der Waals surface area (Å²) in [6.45, 7) is -0.779. The van der Waals surface area contributed by atoms with Crippen molar-refractivity contribution in [3.63, 3.8) is 0 Å². The predicted molar refractivity (Wildman–Crippen MR) is 102 cm³/mol. The molecule has 156 valence electrons. The summed E-state index contributed by atoms with van der Waals surface area (Å²) in [5.74, 6) is -4.54. The van der Waals surface area contributed by atoms with Gasteiger partial charge in [-0.3, -0.25) is 14.4 Å². The Kier molecular flexibility index (Phi) is 6.10. The number of carbonyl (C=O) groups excluding carboxylic acids is 2. The van der Waals surface area contributed by atoms with Gasteiger partial charge >= 0.3 is 5.97 Å². The molecule has 0 saturated carbocycles. The van der Waals surface area contributed by atoms with Crippen molar-refractivity contribution in [3.8, 4) is 11.1 Å². The van der Waals surface area contributed by atoms with Gasteiger partial charge in [-0.1, -0.05) is 24.3 Å². The standard InChI is InChI=1S/C21H18F2N2O5/c22-15-5-3-12(4-6-15)13-1-2-14(16(23)9-13)11-25-8-7-17(26)19(21(25)30)20(29)24-10-18(27)28/h1-6,9,26H,7-8,10-11H2,(H,24,29)(H,27,28). The van der Waals surface area contributed by atoms with Gasteiger partial charge in [-0.05, 0) is 29.3 Å². The molecule has 0 radical (unpaired) electrons. The second kappa shape index (κ2) is 8.73. The number of carboxylic acid groups (broad SMARTS) is 1. The summed E-state index contributed by atoms with van der Waals surface area (Å²) in [4.78, 5) is 36.5. The van der Waals surface area contributed by atoms with E-state index >= 15 is 0 Å². The minimum atomic E-state index is -1.30. The summed E-state index contributed by atoms with van der Waals surface area (Å²) in [5.41, 5.74) is 0.806. The zero-order valence-corrected chi connectivity index (χ0v) is 15.7. The quantitative estimate of drug-likeness (QED) is 0.627. The van der Waals surface area contributed by atoms with Gasteiger partial charge in [0.05, 0.1) is 0 Å². The minimum Gasteiger partial charge on any atom is -0.511 e. The number of carboxylic acids is 1. The summed E-state index contributed by atoms with van der Waals surface area (Å²) in [7, 11) is 0. The number of aliphatic hydroxyl groups is 1. The molecule has 2 amide bonds. The molecule has 3 N–H and O–H groups in total. The average molecular weight is 416 g/mol. The highest BCUT2D eigenvalue weighted by atomic mass is 19.1. The van der Waals surface area contributed by atoms with Gasteiger partial charge in [-0.2, -0.15) is 0 Å². The molecule has 1 heterocycles. The molecule has 1 aliphatic heterocycles. The van der Waals surface area contributed by atoms with Crippen LogP contribution in [0.25, 0.3) is 11.1 Å². The number of nitrogens with one attached hydrogen (secondary N) is 1. The number of aliphatic hydroxyl groups excluding tert-OH is 1. The summed E-state index contributed by atoms with van der Waals surface area (Å²) in [5, 5.41) is 20.6. The van der Waals surface area contributed by atoms with Crippen LogP contribution in [0.15, 0.2) is 53.8 Å². The maximum Gasteiger partial charge on any atom is 0.322 e. The number of rotatable bonds is 6. The number of carbonyl (C=O) groups is 3. The molecule has 1 aliphatic rings. The van der Waals surface area contributed by atoms with Crippen molar-refractivity contribution in [1.82, 2.24) is 10.2 Å². The van der Waals surface area contributed by atoms with Crippen LogP contribution in [0.3, 0.4) is 0 Å². The van der Waals surface area contributed by atoms with E-state index in [2.05, 4.69) is 0 Å². The van der Waals surface area contributed by atoms with E-state index in [1.807, 2.05) is 5.32 Å². The smallest absolute Gasteiger partial charge is 0.322 e. The van der Waals surface area contributed by atoms with Crippen LogP contribution in [0.5, 0.6) is 0 Å². The van der Waals surface area contributed by atoms with Crippen molar-refractivity contribution in [3.05, 3.63) is 71.0 Å². The molecule has 0 bridgehead atoms. The third-order valence-corrected chi connectivity index (χ3v) is 4.63. The fourth-order valence-electron chi connectivity index (χ4n) is 3.08. The second-order valence-corrected chi connectivity index (χ2v) is 6.69. The Morgan fingerprint density at radius 3 is 2.37 bits per heavy atom. The summed E-state index contributed by atoms with van der Waals surface area (Å²) >= 11 is 0. The summed E-state index contributed by atoms with van der Waals surface area (Å²) < 4.78 is 27.7. The summed E-state index contributed by atoms with van der Waals surface area (Å²) in [6.07, 6.45) is -0.0170. The molecular weight excluding hydrogens is 398 g/mol. The Balaban J connectivity index is 1.76. The second-order valence-electron chi connectivity index (χ2n) is 6.69. The van der Waals surface area contributed by atoms with Crippen molar-refractivity contribution in [2.24, 2.45) is 0 Å². The van der Waals surface area contributed by atoms with Crippen molar-refractivity contribution < 1.29 is 33.4 Å². The van der Waals surface area contributed by atoms with E-state index in [1.165, 1.54) is 41.3 Å². The van der Waals surface area contributed by atoms with Gasteiger partial charge in [0.15, 0.2) is 0 Å². The van der Waals surface area contributed by atoms with Gasteiger partial charge in [-0.25, -0.2) is 8.78 Å². The molecule has 0 unspecified atom stereocenters. The zero-order chi connectivity index (χ0) is 21.8. The SMILES string of the molecule is O=C(O)CNC(=O)C1=C(O)CCN(Cc2ccc(-c3ccc(F)cc3)cc2F)C1=O. The first-order valence-electron chi connectivity index (χ1n) is 9.02. The van der Waals surface area contributed by atoms with Crippen LogP contribution >= 0.6 is 0 Å². The van der Waals surface area contributed by atoms with E-state index in [9.17, 15) is 28.3 Å². The number of amides is 2. The van der Waals surface area contributed by atoms with Crippen LogP contribution < -0.4 is 5.32 Å². The molecule has 2 aromatic carbocycles. The normalized spacial score (nSPS) is 14.1. The van der Waals surface area contributed by atoms with Gasteiger partial charge < -0.3 is 20.4 Å². The average Bonchev–Trinajstić information content (AvgIpc) is 2.70. The van der Waals surface area contributed by atoms with Crippen LogP contribution in [0.1, 0.15) is 12.0 Å². The lowest BCUT2D eigenvalue weighted by Gasteiger charge is -2.28. The maximum atomic E-state index is 14.6. The van der Waals surface area contributed by atoms with Gasteiger partial charge in [0.25, 0.3) is 11.8 Å². The number of nitrogens with zero attached hydrogens (tertiary/aromatic N) is 1. The monoisotopic (exact) mass is 416 g/mol. The fourth-order valence-corrected chi connectivity index (χ4v) is 3.08. The first kappa shape index (κ1) is 21.0. The van der Waals surface area contributed by atoms with Crippen LogP contribution in [0.4, 0.5) is 8.78 Å². The molecule has 3 rings (SSSR count). The van der Waals surface area contributed by atoms with Gasteiger partial charge in [0.1, 0.15) is 29.5 Å². The molecule has 7 nitrogen and oxygen atoms in total. The Morgan fingerprint density at radius 2 is 1.73 bits per heavy atom. The van der Waals surface area contributed by atoms with Crippen LogP contribution in [0.2, 0.25) is 0 Å². The highest BCUT2D eigenvalue weighted by Crippen LogP contribution is 2.25. The third-order valence-electron chi connectivity index (χ3n) is 4.63. The van der Waals surface area contributed by atoms with Crippen LogP contribution in [-0.2, 0) is 20.9 Å². The summed E-state index contributed by atoms with van der Waals surface area (Å²) in [6, 6.07) is 9.97. The molecule has 0 saturated heterocycles. The number of hydrogen-bond acceptors (Lipinski definition) is 4. The molecule has 0 aromatic heterocycles. The molecular formula is C21H18F2N2O5. The predicted octanol–water partition coefficient (Wildman–Crippen LogP) is 2.38. The van der Waals surface area contributed by atoms with Crippen LogP contribution in [-0.4, -0.2) is 46.0 Å². The number of hydrogen-bond donors (Lipinski definition) is 3. The van der Waals surface area contributed by atoms with E-state index in [1.54, 1.807) is 6.07 Å². The zero-order valence-electron chi connectivity index (χ0n) is 15.7. The van der Waals surface area contributed by atoms with Crippen molar-refractivity contribution >= 4 is 17.8 Å². The highest BCUT2D eigenvalue weighted by molar-refractivity contribution is 6.19. The van der Waals surface area contributed by atoms with Crippen LogP contribution in [0, 0.1) is 11.6 Å². The Morgan fingerprint density at radius 1 is 1.07 bits per heavy atom. The first-order valence-corrected chi connectivity index (χ1v) is 9.02. The van der Waals surface area contributed by atoms with Gasteiger partial charge in [0.2, 0.25) is 0 Å². The molecule has 0 aliphatic carbocycles. The van der Waals surface area contributed by atoms with Gasteiger partial charge in [-0.15, -0.1) is 0 Å². The molecule has 30 heavy (non-hydrogen) atoms. The van der Waals surface area contributed by atoms with Gasteiger partial charge in [0, 0.05) is 25.1 Å². The minimum absolute atomic E-state index is 0.0170. The van der Waals surface area contributed by atoms with E-state index in [4.69, 9.17) is 5.11 Å². The van der Waals surface area contributed by atoms with Crippen molar-refractivity contribution in [1.29, 1.82) is 0 Å². The lowest BCUT2D eigenvalue weighted by atomic mass is 10.0. The fraction of sp³-hybridized carbons (Fsp3) is 0.190. The molecule has 9 heteroatoms. The third kappa shape index (κ3) is 4.62. The molecule has 0 spiro atoms. The lowest BCUT2D eigenvalue weighted by molar-refractivity contribution is -0.138. The van der Waals surface area contributed by atoms with Crippen molar-refractivity contribution in [2.75, 3.05) is 13.1 Å². The molecule has 0 fully saturated rings. The molecule has 2 aromatic rings. The van der Waals surface area contributed by atoms with Crippen molar-refractivity contribution in [2.45, 2.75) is 13.0 Å². The maximum absolute atomic E-state index is 14.6. The van der Waals surface area contributed by atoms with E-state index in [-0.39, 0.29) is 25.1 Å². The number of aliphatic carboxylic acids is 1. The first-order chi connectivity index (χ1) is 14.3. The topological polar surface area (TPSA) is 107 Å².